The first kappa shape index (κ1) is 14.2. The lowest BCUT2D eigenvalue weighted by atomic mass is 10.2. The van der Waals surface area contributed by atoms with Gasteiger partial charge in [-0.05, 0) is 18.9 Å². The highest BCUT2D eigenvalue weighted by molar-refractivity contribution is 5.93. The lowest BCUT2D eigenvalue weighted by Crippen LogP contribution is -2.39. The Morgan fingerprint density at radius 2 is 2.00 bits per heavy atom. The van der Waals surface area contributed by atoms with Crippen molar-refractivity contribution in [2.24, 2.45) is 5.92 Å². The maximum Gasteiger partial charge on any atom is 0.242 e. The van der Waals surface area contributed by atoms with E-state index in [-0.39, 0.29) is 11.9 Å². The fourth-order valence-electron chi connectivity index (χ4n) is 1.88. The standard InChI is InChI=1S/C15H20N4O/c1-10(2)8-16-15(20)11(3)18-14-9-17-19-13-7-5-4-6-12(13)14/h4-7,9-11H,8H2,1-3H3,(H,16,20)(H,18,19). The molecular formula is C15H20N4O. The average molecular weight is 272 g/mol. The van der Waals surface area contributed by atoms with Crippen molar-refractivity contribution in [3.8, 4) is 0 Å². The average Bonchev–Trinajstić information content (AvgIpc) is 2.45. The molecule has 0 radical (unpaired) electrons. The van der Waals surface area contributed by atoms with Crippen LogP contribution in [0.5, 0.6) is 0 Å². The van der Waals surface area contributed by atoms with Gasteiger partial charge in [0.1, 0.15) is 6.04 Å². The van der Waals surface area contributed by atoms with Gasteiger partial charge < -0.3 is 10.6 Å². The highest BCUT2D eigenvalue weighted by Gasteiger charge is 2.14. The molecule has 0 aliphatic rings. The Balaban J connectivity index is 2.10. The summed E-state index contributed by atoms with van der Waals surface area (Å²) >= 11 is 0. The number of hydrogen-bond donors (Lipinski definition) is 2. The molecule has 1 unspecified atom stereocenters. The predicted octanol–water partition coefficient (Wildman–Crippen LogP) is 2.20. The van der Waals surface area contributed by atoms with Crippen LogP contribution in [0.4, 0.5) is 5.69 Å². The molecule has 0 fully saturated rings. The highest BCUT2D eigenvalue weighted by atomic mass is 16.2. The summed E-state index contributed by atoms with van der Waals surface area (Å²) in [5.74, 6) is 0.425. The van der Waals surface area contributed by atoms with Crippen molar-refractivity contribution >= 4 is 22.5 Å². The van der Waals surface area contributed by atoms with Gasteiger partial charge in [0.15, 0.2) is 0 Å². The van der Waals surface area contributed by atoms with E-state index in [0.717, 1.165) is 16.6 Å². The third-order valence-electron chi connectivity index (χ3n) is 3.00. The van der Waals surface area contributed by atoms with Crippen LogP contribution in [0.15, 0.2) is 30.5 Å². The quantitative estimate of drug-likeness (QED) is 0.875. The molecule has 0 spiro atoms. The molecule has 0 bridgehead atoms. The van der Waals surface area contributed by atoms with Gasteiger partial charge in [-0.25, -0.2) is 0 Å². The number of benzene rings is 1. The molecule has 1 heterocycles. The van der Waals surface area contributed by atoms with Crippen LogP contribution in [0.2, 0.25) is 0 Å². The molecule has 2 aromatic rings. The number of carbonyl (C=O) groups excluding carboxylic acids is 1. The van der Waals surface area contributed by atoms with Gasteiger partial charge in [-0.15, -0.1) is 0 Å². The second-order valence-corrected chi connectivity index (χ2v) is 5.28. The monoisotopic (exact) mass is 272 g/mol. The summed E-state index contributed by atoms with van der Waals surface area (Å²) in [6.07, 6.45) is 1.65. The summed E-state index contributed by atoms with van der Waals surface area (Å²) < 4.78 is 0. The Hall–Kier alpha value is -2.17. The van der Waals surface area contributed by atoms with Crippen LogP contribution in [0.25, 0.3) is 10.9 Å². The van der Waals surface area contributed by atoms with Crippen LogP contribution >= 0.6 is 0 Å². The molecule has 0 saturated carbocycles. The van der Waals surface area contributed by atoms with Crippen LogP contribution in [0.1, 0.15) is 20.8 Å². The summed E-state index contributed by atoms with van der Waals surface area (Å²) in [6, 6.07) is 7.40. The number of anilines is 1. The molecule has 106 valence electrons. The van der Waals surface area contributed by atoms with Gasteiger partial charge in [0, 0.05) is 11.9 Å². The number of hydrogen-bond acceptors (Lipinski definition) is 4. The van der Waals surface area contributed by atoms with E-state index >= 15 is 0 Å². The van der Waals surface area contributed by atoms with Gasteiger partial charge in [-0.2, -0.15) is 10.2 Å². The van der Waals surface area contributed by atoms with E-state index < -0.39 is 0 Å². The number of fused-ring (bicyclic) bond motifs is 1. The van der Waals surface area contributed by atoms with Crippen molar-refractivity contribution in [3.63, 3.8) is 0 Å². The molecule has 5 nitrogen and oxygen atoms in total. The molecule has 2 N–H and O–H groups in total. The molecule has 0 saturated heterocycles. The van der Waals surface area contributed by atoms with Crippen molar-refractivity contribution in [2.75, 3.05) is 11.9 Å². The number of carbonyl (C=O) groups is 1. The lowest BCUT2D eigenvalue weighted by Gasteiger charge is -2.16. The minimum atomic E-state index is -0.318. The fourth-order valence-corrected chi connectivity index (χ4v) is 1.88. The molecule has 1 amide bonds. The van der Waals surface area contributed by atoms with E-state index in [1.54, 1.807) is 6.20 Å². The zero-order chi connectivity index (χ0) is 14.5. The van der Waals surface area contributed by atoms with Gasteiger partial charge in [-0.1, -0.05) is 32.0 Å². The summed E-state index contributed by atoms with van der Waals surface area (Å²) in [7, 11) is 0. The Morgan fingerprint density at radius 1 is 1.25 bits per heavy atom. The van der Waals surface area contributed by atoms with Crippen molar-refractivity contribution in [1.29, 1.82) is 0 Å². The van der Waals surface area contributed by atoms with Crippen molar-refractivity contribution in [3.05, 3.63) is 30.5 Å². The Labute approximate surface area is 118 Å². The summed E-state index contributed by atoms with van der Waals surface area (Å²) in [6.45, 7) is 6.66. The predicted molar refractivity (Wildman–Crippen MR) is 80.5 cm³/mol. The van der Waals surface area contributed by atoms with E-state index in [1.165, 1.54) is 0 Å². The largest absolute Gasteiger partial charge is 0.372 e. The highest BCUT2D eigenvalue weighted by Crippen LogP contribution is 2.20. The first-order valence-electron chi connectivity index (χ1n) is 6.82. The van der Waals surface area contributed by atoms with Crippen LogP contribution in [0, 0.1) is 5.92 Å². The van der Waals surface area contributed by atoms with E-state index in [9.17, 15) is 4.79 Å². The summed E-state index contributed by atoms with van der Waals surface area (Å²) in [5, 5.41) is 15.1. The third-order valence-corrected chi connectivity index (χ3v) is 3.00. The number of nitrogens with zero attached hydrogens (tertiary/aromatic N) is 2. The van der Waals surface area contributed by atoms with Crippen LogP contribution in [-0.4, -0.2) is 28.7 Å². The maximum absolute atomic E-state index is 12.0. The molecule has 0 aliphatic heterocycles. The lowest BCUT2D eigenvalue weighted by molar-refractivity contribution is -0.121. The minimum Gasteiger partial charge on any atom is -0.372 e. The second-order valence-electron chi connectivity index (χ2n) is 5.28. The van der Waals surface area contributed by atoms with Crippen LogP contribution < -0.4 is 10.6 Å². The number of amides is 1. The van der Waals surface area contributed by atoms with E-state index in [1.807, 2.05) is 31.2 Å². The van der Waals surface area contributed by atoms with E-state index in [2.05, 4.69) is 34.7 Å². The third kappa shape index (κ3) is 3.44. The Morgan fingerprint density at radius 3 is 2.75 bits per heavy atom. The normalized spacial score (nSPS) is 12.4. The minimum absolute atomic E-state index is 0.0143. The number of aromatic nitrogens is 2. The number of nitrogens with one attached hydrogen (secondary N) is 2. The Bertz CT molecular complexity index is 592. The molecule has 1 aromatic carbocycles. The van der Waals surface area contributed by atoms with E-state index in [0.29, 0.717) is 12.5 Å². The SMILES string of the molecule is CC(C)CNC(=O)C(C)Nc1cnnc2ccccc12. The molecule has 20 heavy (non-hydrogen) atoms. The van der Waals surface area contributed by atoms with Crippen LogP contribution in [-0.2, 0) is 4.79 Å². The smallest absolute Gasteiger partial charge is 0.242 e. The molecule has 1 aromatic heterocycles. The van der Waals surface area contributed by atoms with Crippen molar-refractivity contribution in [1.82, 2.24) is 15.5 Å². The molecule has 1 atom stereocenters. The summed E-state index contributed by atoms with van der Waals surface area (Å²) in [4.78, 5) is 12.0. The summed E-state index contributed by atoms with van der Waals surface area (Å²) in [5.41, 5.74) is 1.63. The van der Waals surface area contributed by atoms with Gasteiger partial charge in [-0.3, -0.25) is 4.79 Å². The van der Waals surface area contributed by atoms with Gasteiger partial charge in [0.2, 0.25) is 5.91 Å². The molecule has 2 rings (SSSR count). The van der Waals surface area contributed by atoms with Crippen molar-refractivity contribution in [2.45, 2.75) is 26.8 Å². The molecule has 5 heteroatoms. The topological polar surface area (TPSA) is 66.9 Å². The van der Waals surface area contributed by atoms with Gasteiger partial charge in [0.25, 0.3) is 0 Å². The second kappa shape index (κ2) is 6.32. The van der Waals surface area contributed by atoms with Crippen molar-refractivity contribution < 1.29 is 4.79 Å². The molecule has 0 aliphatic carbocycles. The zero-order valence-electron chi connectivity index (χ0n) is 12.1. The zero-order valence-corrected chi connectivity index (χ0v) is 12.1. The Kier molecular flexibility index (Phi) is 4.50. The first-order valence-corrected chi connectivity index (χ1v) is 6.82. The fraction of sp³-hybridized carbons (Fsp3) is 0.400. The van der Waals surface area contributed by atoms with Crippen LogP contribution in [0.3, 0.4) is 0 Å². The molecular weight excluding hydrogens is 252 g/mol. The van der Waals surface area contributed by atoms with Gasteiger partial charge in [0.05, 0.1) is 17.4 Å². The number of rotatable bonds is 5. The first-order chi connectivity index (χ1) is 9.58. The van der Waals surface area contributed by atoms with E-state index in [4.69, 9.17) is 0 Å². The van der Waals surface area contributed by atoms with Gasteiger partial charge >= 0.3 is 0 Å². The maximum atomic E-state index is 12.0.